The predicted octanol–water partition coefficient (Wildman–Crippen LogP) is 0.452. The fraction of sp³-hybridized carbons (Fsp3) is 0.917. The standard InChI is InChI=1S/C12H22N2O2/c1-3-13(2)12(16)8-14-9-4-5-10(14)7-11(15)6-9/h9-11,15H,3-8H2,1-2H3. The second-order valence-electron chi connectivity index (χ2n) is 5.09. The summed E-state index contributed by atoms with van der Waals surface area (Å²) in [5.41, 5.74) is 0. The molecule has 0 saturated carbocycles. The molecule has 92 valence electrons. The Bertz CT molecular complexity index is 256. The molecule has 2 heterocycles. The van der Waals surface area contributed by atoms with E-state index in [0.717, 1.165) is 32.2 Å². The molecule has 0 aliphatic carbocycles. The van der Waals surface area contributed by atoms with Crippen LogP contribution in [0.25, 0.3) is 0 Å². The first kappa shape index (κ1) is 11.9. The van der Waals surface area contributed by atoms with Crippen LogP contribution < -0.4 is 0 Å². The summed E-state index contributed by atoms with van der Waals surface area (Å²) in [4.78, 5) is 15.9. The van der Waals surface area contributed by atoms with Crippen LogP contribution in [0, 0.1) is 0 Å². The number of fused-ring (bicyclic) bond motifs is 2. The van der Waals surface area contributed by atoms with Crippen molar-refractivity contribution in [3.63, 3.8) is 0 Å². The molecule has 2 fully saturated rings. The largest absolute Gasteiger partial charge is 0.393 e. The molecule has 4 heteroatoms. The highest BCUT2D eigenvalue weighted by atomic mass is 16.3. The zero-order valence-corrected chi connectivity index (χ0v) is 10.2. The zero-order chi connectivity index (χ0) is 11.7. The van der Waals surface area contributed by atoms with Crippen molar-refractivity contribution in [3.8, 4) is 0 Å². The van der Waals surface area contributed by atoms with Gasteiger partial charge in [-0.1, -0.05) is 0 Å². The van der Waals surface area contributed by atoms with Gasteiger partial charge in [-0.05, 0) is 32.6 Å². The molecule has 0 aromatic carbocycles. The second-order valence-corrected chi connectivity index (χ2v) is 5.09. The second kappa shape index (κ2) is 4.72. The van der Waals surface area contributed by atoms with Crippen molar-refractivity contribution in [2.45, 2.75) is 50.8 Å². The van der Waals surface area contributed by atoms with E-state index in [9.17, 15) is 9.90 Å². The third kappa shape index (κ3) is 2.23. The summed E-state index contributed by atoms with van der Waals surface area (Å²) in [5, 5.41) is 9.68. The minimum absolute atomic E-state index is 0.146. The molecule has 2 aliphatic heterocycles. The van der Waals surface area contributed by atoms with Crippen molar-refractivity contribution < 1.29 is 9.90 Å². The molecule has 2 unspecified atom stereocenters. The van der Waals surface area contributed by atoms with E-state index >= 15 is 0 Å². The molecule has 1 amide bonds. The maximum absolute atomic E-state index is 11.9. The van der Waals surface area contributed by atoms with Crippen LogP contribution in [0.15, 0.2) is 0 Å². The predicted molar refractivity (Wildman–Crippen MR) is 62.1 cm³/mol. The van der Waals surface area contributed by atoms with E-state index in [4.69, 9.17) is 0 Å². The number of rotatable bonds is 3. The van der Waals surface area contributed by atoms with Gasteiger partial charge in [0, 0.05) is 25.7 Å². The van der Waals surface area contributed by atoms with Gasteiger partial charge < -0.3 is 10.0 Å². The first-order valence-electron chi connectivity index (χ1n) is 6.29. The van der Waals surface area contributed by atoms with E-state index in [1.54, 1.807) is 4.90 Å². The monoisotopic (exact) mass is 226 g/mol. The molecule has 0 radical (unpaired) electrons. The molecule has 0 spiro atoms. The highest BCUT2D eigenvalue weighted by Gasteiger charge is 2.40. The number of hydrogen-bond acceptors (Lipinski definition) is 3. The van der Waals surface area contributed by atoms with E-state index in [0.29, 0.717) is 18.6 Å². The normalized spacial score (nSPS) is 34.1. The van der Waals surface area contributed by atoms with E-state index < -0.39 is 0 Å². The fourth-order valence-corrected chi connectivity index (χ4v) is 2.96. The van der Waals surface area contributed by atoms with Crippen LogP contribution in [0.5, 0.6) is 0 Å². The molecule has 2 bridgehead atoms. The van der Waals surface area contributed by atoms with E-state index in [1.165, 1.54) is 0 Å². The van der Waals surface area contributed by atoms with Gasteiger partial charge in [-0.25, -0.2) is 0 Å². The third-order valence-corrected chi connectivity index (χ3v) is 4.08. The quantitative estimate of drug-likeness (QED) is 0.760. The van der Waals surface area contributed by atoms with Gasteiger partial charge in [0.2, 0.25) is 5.91 Å². The number of nitrogens with zero attached hydrogens (tertiary/aromatic N) is 2. The number of aliphatic hydroxyl groups excluding tert-OH is 1. The van der Waals surface area contributed by atoms with Crippen LogP contribution in [-0.4, -0.2) is 59.1 Å². The molecule has 0 aromatic rings. The van der Waals surface area contributed by atoms with Crippen LogP contribution in [0.2, 0.25) is 0 Å². The summed E-state index contributed by atoms with van der Waals surface area (Å²) < 4.78 is 0. The molecule has 2 rings (SSSR count). The molecule has 2 saturated heterocycles. The number of likely N-dealkylation sites (N-methyl/N-ethyl adjacent to an activating group) is 1. The van der Waals surface area contributed by atoms with Gasteiger partial charge in [-0.2, -0.15) is 0 Å². The Balaban J connectivity index is 1.94. The van der Waals surface area contributed by atoms with E-state index in [1.807, 2.05) is 14.0 Å². The van der Waals surface area contributed by atoms with Crippen LogP contribution in [0.4, 0.5) is 0 Å². The zero-order valence-electron chi connectivity index (χ0n) is 10.2. The number of amides is 1. The Morgan fingerprint density at radius 3 is 2.44 bits per heavy atom. The smallest absolute Gasteiger partial charge is 0.236 e. The first-order chi connectivity index (χ1) is 7.61. The number of hydrogen-bond donors (Lipinski definition) is 1. The van der Waals surface area contributed by atoms with Crippen molar-refractivity contribution >= 4 is 5.91 Å². The van der Waals surface area contributed by atoms with Gasteiger partial charge >= 0.3 is 0 Å². The van der Waals surface area contributed by atoms with Crippen molar-refractivity contribution in [2.24, 2.45) is 0 Å². The molecule has 0 aromatic heterocycles. The van der Waals surface area contributed by atoms with Gasteiger partial charge in [0.1, 0.15) is 0 Å². The number of piperidine rings is 1. The topological polar surface area (TPSA) is 43.8 Å². The van der Waals surface area contributed by atoms with Crippen molar-refractivity contribution in [1.82, 2.24) is 9.80 Å². The van der Waals surface area contributed by atoms with Gasteiger partial charge in [0.05, 0.1) is 12.6 Å². The Kier molecular flexibility index (Phi) is 3.50. The summed E-state index contributed by atoms with van der Waals surface area (Å²) in [7, 11) is 1.85. The molecule has 4 nitrogen and oxygen atoms in total. The Hall–Kier alpha value is -0.610. The van der Waals surface area contributed by atoms with Gasteiger partial charge in [-0.15, -0.1) is 0 Å². The summed E-state index contributed by atoms with van der Waals surface area (Å²) in [6.45, 7) is 3.30. The van der Waals surface area contributed by atoms with Crippen LogP contribution >= 0.6 is 0 Å². The summed E-state index contributed by atoms with van der Waals surface area (Å²) in [6.07, 6.45) is 3.84. The van der Waals surface area contributed by atoms with Crippen LogP contribution in [0.1, 0.15) is 32.6 Å². The average Bonchev–Trinajstić information content (AvgIpc) is 2.51. The van der Waals surface area contributed by atoms with Crippen molar-refractivity contribution in [1.29, 1.82) is 0 Å². The SMILES string of the molecule is CCN(C)C(=O)CN1C2CCC1CC(O)C2. The lowest BCUT2D eigenvalue weighted by molar-refractivity contribution is -0.132. The number of aliphatic hydroxyl groups is 1. The average molecular weight is 226 g/mol. The maximum Gasteiger partial charge on any atom is 0.236 e. The van der Waals surface area contributed by atoms with Gasteiger partial charge in [0.15, 0.2) is 0 Å². The molecule has 16 heavy (non-hydrogen) atoms. The summed E-state index contributed by atoms with van der Waals surface area (Å²) in [6, 6.07) is 0.867. The number of carbonyl (C=O) groups excluding carboxylic acids is 1. The van der Waals surface area contributed by atoms with Gasteiger partial charge in [-0.3, -0.25) is 9.69 Å². The highest BCUT2D eigenvalue weighted by molar-refractivity contribution is 5.78. The lowest BCUT2D eigenvalue weighted by Gasteiger charge is -2.37. The summed E-state index contributed by atoms with van der Waals surface area (Å²) >= 11 is 0. The molecular weight excluding hydrogens is 204 g/mol. The minimum atomic E-state index is -0.146. The van der Waals surface area contributed by atoms with Crippen LogP contribution in [-0.2, 0) is 4.79 Å². The molecule has 2 atom stereocenters. The summed E-state index contributed by atoms with van der Waals surface area (Å²) in [5.74, 6) is 0.204. The molecule has 1 N–H and O–H groups in total. The molecule has 2 aliphatic rings. The maximum atomic E-state index is 11.9. The minimum Gasteiger partial charge on any atom is -0.393 e. The van der Waals surface area contributed by atoms with Gasteiger partial charge in [0.25, 0.3) is 0 Å². The highest BCUT2D eigenvalue weighted by Crippen LogP contribution is 2.35. The number of carbonyl (C=O) groups is 1. The third-order valence-electron chi connectivity index (χ3n) is 4.08. The molecular formula is C12H22N2O2. The van der Waals surface area contributed by atoms with Crippen LogP contribution in [0.3, 0.4) is 0 Å². The Labute approximate surface area is 97.2 Å². The first-order valence-corrected chi connectivity index (χ1v) is 6.29. The Morgan fingerprint density at radius 1 is 1.38 bits per heavy atom. The lowest BCUT2D eigenvalue weighted by atomic mass is 10.00. The Morgan fingerprint density at radius 2 is 1.94 bits per heavy atom. The van der Waals surface area contributed by atoms with E-state index in [-0.39, 0.29) is 12.0 Å². The lowest BCUT2D eigenvalue weighted by Crippen LogP contribution is -2.49. The van der Waals surface area contributed by atoms with E-state index in [2.05, 4.69) is 4.90 Å². The van der Waals surface area contributed by atoms with Crippen molar-refractivity contribution in [2.75, 3.05) is 20.1 Å². The van der Waals surface area contributed by atoms with Crippen molar-refractivity contribution in [3.05, 3.63) is 0 Å². The fourth-order valence-electron chi connectivity index (χ4n) is 2.96.